The molecule has 4 atom stereocenters. The van der Waals surface area contributed by atoms with E-state index >= 15 is 0 Å². The van der Waals surface area contributed by atoms with Gasteiger partial charge < -0.3 is 47.4 Å². The first-order valence-electron chi connectivity index (χ1n) is 19.6. The zero-order chi connectivity index (χ0) is 48.3. The van der Waals surface area contributed by atoms with Crippen molar-refractivity contribution in [2.75, 3.05) is 0 Å². The highest BCUT2D eigenvalue weighted by Crippen LogP contribution is 2.44. The summed E-state index contributed by atoms with van der Waals surface area (Å²) >= 11 is 0. The van der Waals surface area contributed by atoms with Crippen LogP contribution in [-0.4, -0.2) is 83.6 Å². The lowest BCUT2D eigenvalue weighted by Crippen LogP contribution is -2.53. The molecule has 0 aromatic heterocycles. The summed E-state index contributed by atoms with van der Waals surface area (Å²) in [6.45, 7) is 6.84. The monoisotopic (exact) mass is 912 g/mol. The van der Waals surface area contributed by atoms with Gasteiger partial charge in [-0.1, -0.05) is 18.2 Å². The zero-order valence-electron chi connectivity index (χ0n) is 36.0. The molecule has 3 aromatic rings. The van der Waals surface area contributed by atoms with E-state index in [0.29, 0.717) is 5.56 Å². The van der Waals surface area contributed by atoms with Crippen LogP contribution in [-0.2, 0) is 66.9 Å². The van der Waals surface area contributed by atoms with E-state index in [-0.39, 0.29) is 52.0 Å². The average Bonchev–Trinajstić information content (AvgIpc) is 3.47. The predicted molar refractivity (Wildman–Crippen MR) is 222 cm³/mol. The van der Waals surface area contributed by atoms with Gasteiger partial charge in [0, 0.05) is 72.6 Å². The predicted octanol–water partition coefficient (Wildman–Crippen LogP) is 4.50. The lowest BCUT2D eigenvalue weighted by Gasteiger charge is -2.36. The molecule has 0 unspecified atom stereocenters. The van der Waals surface area contributed by atoms with Crippen LogP contribution in [0.5, 0.6) is 34.5 Å². The van der Waals surface area contributed by atoms with E-state index in [1.54, 1.807) is 0 Å². The van der Waals surface area contributed by atoms with E-state index in [1.807, 2.05) is 0 Å². The van der Waals surface area contributed by atoms with Gasteiger partial charge in [0.1, 0.15) is 12.2 Å². The second-order valence-corrected chi connectivity index (χ2v) is 14.3. The second-order valence-electron chi connectivity index (χ2n) is 14.3. The number of hydrogen-bond acceptors (Lipinski definition) is 20. The first-order valence-corrected chi connectivity index (χ1v) is 19.6. The van der Waals surface area contributed by atoms with Gasteiger partial charge in [0.05, 0.1) is 0 Å². The summed E-state index contributed by atoms with van der Waals surface area (Å²) in [5.41, 5.74) is -1.17. The molecule has 20 heteroatoms. The van der Waals surface area contributed by atoms with Crippen LogP contribution in [0.3, 0.4) is 0 Å². The number of hydrogen-bond donors (Lipinski definition) is 0. The average molecular weight is 913 g/mol. The molecule has 0 spiro atoms. The topological polar surface area (TPSA) is 263 Å². The number of benzene rings is 3. The third-order valence-electron chi connectivity index (χ3n) is 8.90. The summed E-state index contributed by atoms with van der Waals surface area (Å²) in [5, 5.41) is 0. The summed E-state index contributed by atoms with van der Waals surface area (Å²) < 4.78 is 53.2. The highest BCUT2D eigenvalue weighted by molar-refractivity contribution is 5.93. The van der Waals surface area contributed by atoms with Crippen LogP contribution in [0.25, 0.3) is 18.2 Å². The molecule has 2 bridgehead atoms. The molecule has 1 saturated carbocycles. The number of esters is 10. The number of carbonyl (C=O) groups excluding carboxylic acids is 10. The molecule has 0 N–H and O–H groups in total. The maximum absolute atomic E-state index is 13.5. The van der Waals surface area contributed by atoms with Gasteiger partial charge in [0.25, 0.3) is 0 Å². The van der Waals surface area contributed by atoms with Gasteiger partial charge in [-0.05, 0) is 71.3 Å². The Hall–Kier alpha value is -8.42. The van der Waals surface area contributed by atoms with Crippen molar-refractivity contribution < 1.29 is 95.3 Å². The first-order chi connectivity index (χ1) is 31.2. The molecule has 1 saturated heterocycles. The minimum absolute atomic E-state index is 0.0618. The van der Waals surface area contributed by atoms with Gasteiger partial charge >= 0.3 is 59.7 Å². The zero-order valence-corrected chi connectivity index (χ0v) is 36.0. The van der Waals surface area contributed by atoms with E-state index in [4.69, 9.17) is 47.4 Å². The number of ether oxygens (including phenoxy) is 10. The first kappa shape index (κ1) is 48.6. The number of rotatable bonds is 15. The second kappa shape index (κ2) is 21.3. The minimum atomic E-state index is -2.04. The summed E-state index contributed by atoms with van der Waals surface area (Å²) in [6, 6.07) is 12.2. The third kappa shape index (κ3) is 13.5. The number of carbonyl (C=O) groups is 10. The Labute approximate surface area is 374 Å². The van der Waals surface area contributed by atoms with Gasteiger partial charge in [0.2, 0.25) is 5.60 Å². The standard InChI is InChI=1S/C46H40O20/c1-24(47)57-33-13-7-30(19-36(33)60-27(4)50)10-16-41(53)63-39-22-46(66-43(55)18-12-32-9-15-35(59-26(3)49)38(21-32)62-29(6)52)23-40(64-45(46)56)44(39)65-42(54)17-11-31-8-14-34(58-25(2)48)37(20-31)61-28(5)51/h7-21,39-40,44H,22-23H2,1-6H3/b16-10+,17-11+,18-12+/t39-,40-,44-,46-/m0/s1. The van der Waals surface area contributed by atoms with E-state index in [1.165, 1.54) is 72.8 Å². The SMILES string of the molecule is CC(=O)Oc1ccc(/C=C/C(=O)O[C@H]2[C@@H](OC(=O)/C=C/c3ccc(OC(C)=O)c(OC(C)=O)c3)C[C@]3(OC(=O)/C=C/c4ccc(OC(C)=O)c(OC(C)=O)c4)C[C@@H]2OC3=O)cc1OC(C)=O. The Balaban J connectivity index is 1.40. The van der Waals surface area contributed by atoms with Crippen LogP contribution in [0.1, 0.15) is 71.1 Å². The maximum Gasteiger partial charge on any atom is 0.351 e. The molecule has 0 amide bonds. The Morgan fingerprint density at radius 3 is 1.21 bits per heavy atom. The molecule has 66 heavy (non-hydrogen) atoms. The van der Waals surface area contributed by atoms with E-state index < -0.39 is 90.0 Å². The fourth-order valence-electron chi connectivity index (χ4n) is 6.50. The van der Waals surface area contributed by atoms with Gasteiger partial charge in [-0.25, -0.2) is 19.2 Å². The molecule has 2 aliphatic rings. The molecular formula is C46H40O20. The van der Waals surface area contributed by atoms with Crippen LogP contribution >= 0.6 is 0 Å². The van der Waals surface area contributed by atoms with Crippen molar-refractivity contribution in [3.63, 3.8) is 0 Å². The Morgan fingerprint density at radius 1 is 0.485 bits per heavy atom. The van der Waals surface area contributed by atoms with Crippen molar-refractivity contribution in [3.05, 3.63) is 89.5 Å². The lowest BCUT2D eigenvalue weighted by atomic mass is 9.81. The van der Waals surface area contributed by atoms with Gasteiger partial charge in [-0.2, -0.15) is 0 Å². The van der Waals surface area contributed by atoms with Crippen molar-refractivity contribution in [1.82, 2.24) is 0 Å². The van der Waals surface area contributed by atoms with Crippen LogP contribution < -0.4 is 28.4 Å². The molecule has 1 heterocycles. The fraction of sp³-hybridized carbons (Fsp3) is 0.261. The number of fused-ring (bicyclic) bond motifs is 2. The molecule has 0 radical (unpaired) electrons. The van der Waals surface area contributed by atoms with Crippen molar-refractivity contribution >= 4 is 77.9 Å². The van der Waals surface area contributed by atoms with Crippen molar-refractivity contribution in [2.24, 2.45) is 0 Å². The fourth-order valence-corrected chi connectivity index (χ4v) is 6.50. The van der Waals surface area contributed by atoms with Crippen LogP contribution in [0.2, 0.25) is 0 Å². The highest BCUT2D eigenvalue weighted by Gasteiger charge is 2.63. The van der Waals surface area contributed by atoms with E-state index in [2.05, 4.69) is 0 Å². The third-order valence-corrected chi connectivity index (χ3v) is 8.90. The van der Waals surface area contributed by atoms with Gasteiger partial charge in [-0.3, -0.25) is 28.8 Å². The largest absolute Gasteiger partial charge is 0.455 e. The molecule has 20 nitrogen and oxygen atoms in total. The van der Waals surface area contributed by atoms with E-state index in [0.717, 1.165) is 59.8 Å². The summed E-state index contributed by atoms with van der Waals surface area (Å²) in [5.74, 6) is -8.89. The van der Waals surface area contributed by atoms with Gasteiger partial charge in [0.15, 0.2) is 40.6 Å². The highest BCUT2D eigenvalue weighted by atomic mass is 16.7. The molecular weight excluding hydrogens is 872 g/mol. The lowest BCUT2D eigenvalue weighted by molar-refractivity contribution is -0.183. The van der Waals surface area contributed by atoms with Crippen molar-refractivity contribution in [1.29, 1.82) is 0 Å². The van der Waals surface area contributed by atoms with E-state index in [9.17, 15) is 47.9 Å². The minimum Gasteiger partial charge on any atom is -0.455 e. The molecule has 1 aliphatic heterocycles. The molecule has 3 aromatic carbocycles. The Bertz CT molecular complexity index is 2580. The normalized spacial score (nSPS) is 18.5. The Morgan fingerprint density at radius 2 is 0.833 bits per heavy atom. The van der Waals surface area contributed by atoms with Crippen molar-refractivity contribution in [2.45, 2.75) is 78.3 Å². The van der Waals surface area contributed by atoms with Gasteiger partial charge in [-0.15, -0.1) is 0 Å². The van der Waals surface area contributed by atoms with Crippen LogP contribution in [0.15, 0.2) is 72.8 Å². The molecule has 344 valence electrons. The van der Waals surface area contributed by atoms with Crippen molar-refractivity contribution in [3.8, 4) is 34.5 Å². The smallest absolute Gasteiger partial charge is 0.351 e. The van der Waals surface area contributed by atoms with Crippen LogP contribution in [0, 0.1) is 0 Å². The quantitative estimate of drug-likeness (QED) is 0.0879. The summed E-state index contributed by atoms with van der Waals surface area (Å²) in [4.78, 5) is 123. The molecule has 1 aliphatic carbocycles. The Kier molecular flexibility index (Phi) is 15.7. The summed E-state index contributed by atoms with van der Waals surface area (Å²) in [7, 11) is 0. The van der Waals surface area contributed by atoms with Crippen LogP contribution in [0.4, 0.5) is 0 Å². The molecule has 2 fully saturated rings. The molecule has 5 rings (SSSR count). The maximum atomic E-state index is 13.5. The summed E-state index contributed by atoms with van der Waals surface area (Å²) in [6.07, 6.45) is 1.57.